The fourth-order valence-corrected chi connectivity index (χ4v) is 2.93. The first kappa shape index (κ1) is 15.8. The molecule has 2 atom stereocenters. The van der Waals surface area contributed by atoms with Crippen molar-refractivity contribution in [3.63, 3.8) is 0 Å². The average molecular weight is 341 g/mol. The van der Waals surface area contributed by atoms with Gasteiger partial charge in [0.2, 0.25) is 5.91 Å². The number of nitrogens with two attached hydrogens (primary N) is 1. The molecule has 0 radical (unpaired) electrons. The molecule has 3 rings (SSSR count). The number of hydrogen-bond acceptors (Lipinski definition) is 2. The van der Waals surface area contributed by atoms with Gasteiger partial charge in [0.1, 0.15) is 6.04 Å². The lowest BCUT2D eigenvalue weighted by atomic mass is 9.88. The van der Waals surface area contributed by atoms with Crippen LogP contribution in [0.1, 0.15) is 17.2 Å². The Bertz CT molecular complexity index is 763. The van der Waals surface area contributed by atoms with E-state index < -0.39 is 29.7 Å². The highest BCUT2D eigenvalue weighted by molar-refractivity contribution is 6.31. The molecule has 1 aliphatic heterocycles. The van der Waals surface area contributed by atoms with E-state index in [9.17, 15) is 18.0 Å². The van der Waals surface area contributed by atoms with Crippen LogP contribution >= 0.6 is 11.6 Å². The first-order valence-corrected chi connectivity index (χ1v) is 7.19. The minimum atomic E-state index is -4.48. The predicted molar refractivity (Wildman–Crippen MR) is 81.1 cm³/mol. The minimum Gasteiger partial charge on any atom is -0.318 e. The number of hydrogen-bond donors (Lipinski definition) is 1. The molecule has 7 heteroatoms. The van der Waals surface area contributed by atoms with Crippen molar-refractivity contribution in [3.8, 4) is 0 Å². The molecule has 120 valence electrons. The largest absolute Gasteiger partial charge is 0.416 e. The maximum Gasteiger partial charge on any atom is 0.416 e. The molecule has 1 aliphatic rings. The molecule has 0 aromatic heterocycles. The SMILES string of the molecule is N[C@@H]1C(=O)N(c2cccc(C(F)(F)F)c2)[C@@H]1c1ccccc1Cl. The van der Waals surface area contributed by atoms with Gasteiger partial charge in [0.05, 0.1) is 11.6 Å². The summed E-state index contributed by atoms with van der Waals surface area (Å²) < 4.78 is 38.6. The van der Waals surface area contributed by atoms with Crippen LogP contribution in [-0.2, 0) is 11.0 Å². The number of carbonyl (C=O) groups is 1. The number of amides is 1. The smallest absolute Gasteiger partial charge is 0.318 e. The van der Waals surface area contributed by atoms with E-state index >= 15 is 0 Å². The van der Waals surface area contributed by atoms with E-state index in [1.807, 2.05) is 0 Å². The molecule has 0 aliphatic carbocycles. The van der Waals surface area contributed by atoms with Crippen LogP contribution in [-0.4, -0.2) is 11.9 Å². The number of carbonyl (C=O) groups excluding carboxylic acids is 1. The summed E-state index contributed by atoms with van der Waals surface area (Å²) in [7, 11) is 0. The van der Waals surface area contributed by atoms with Crippen LogP contribution < -0.4 is 10.6 Å². The summed E-state index contributed by atoms with van der Waals surface area (Å²) in [6.07, 6.45) is -4.48. The van der Waals surface area contributed by atoms with Crippen molar-refractivity contribution >= 4 is 23.2 Å². The summed E-state index contributed by atoms with van der Waals surface area (Å²) in [6.45, 7) is 0. The van der Waals surface area contributed by atoms with Crippen LogP contribution in [0.15, 0.2) is 48.5 Å². The molecular weight excluding hydrogens is 329 g/mol. The van der Waals surface area contributed by atoms with E-state index in [-0.39, 0.29) is 5.69 Å². The predicted octanol–water partition coefficient (Wildman–Crippen LogP) is 3.77. The van der Waals surface area contributed by atoms with Crippen LogP contribution in [0.25, 0.3) is 0 Å². The number of anilines is 1. The van der Waals surface area contributed by atoms with Gasteiger partial charge in [-0.25, -0.2) is 0 Å². The Morgan fingerprint density at radius 2 is 1.78 bits per heavy atom. The highest BCUT2D eigenvalue weighted by Gasteiger charge is 2.47. The lowest BCUT2D eigenvalue weighted by Crippen LogP contribution is -2.63. The normalized spacial score (nSPS) is 21.3. The van der Waals surface area contributed by atoms with Crippen molar-refractivity contribution in [3.05, 3.63) is 64.7 Å². The molecule has 1 heterocycles. The van der Waals surface area contributed by atoms with Gasteiger partial charge < -0.3 is 10.6 Å². The molecule has 1 saturated heterocycles. The lowest BCUT2D eigenvalue weighted by Gasteiger charge is -2.46. The van der Waals surface area contributed by atoms with E-state index in [2.05, 4.69) is 0 Å². The van der Waals surface area contributed by atoms with Crippen molar-refractivity contribution in [2.75, 3.05) is 4.90 Å². The molecule has 23 heavy (non-hydrogen) atoms. The van der Waals surface area contributed by atoms with Gasteiger partial charge in [-0.15, -0.1) is 0 Å². The number of alkyl halides is 3. The summed E-state index contributed by atoms with van der Waals surface area (Å²) >= 11 is 6.13. The molecule has 1 fully saturated rings. The van der Waals surface area contributed by atoms with Gasteiger partial charge >= 0.3 is 6.18 Å². The van der Waals surface area contributed by atoms with Crippen molar-refractivity contribution in [2.45, 2.75) is 18.3 Å². The Morgan fingerprint density at radius 3 is 2.43 bits per heavy atom. The van der Waals surface area contributed by atoms with Gasteiger partial charge in [-0.3, -0.25) is 4.79 Å². The van der Waals surface area contributed by atoms with E-state index in [4.69, 9.17) is 17.3 Å². The quantitative estimate of drug-likeness (QED) is 0.846. The van der Waals surface area contributed by atoms with Crippen molar-refractivity contribution < 1.29 is 18.0 Å². The molecule has 1 amide bonds. The molecule has 0 spiro atoms. The van der Waals surface area contributed by atoms with Gasteiger partial charge in [0, 0.05) is 10.7 Å². The van der Waals surface area contributed by atoms with E-state index in [0.29, 0.717) is 10.6 Å². The molecule has 3 nitrogen and oxygen atoms in total. The Kier molecular flexibility index (Phi) is 3.82. The topological polar surface area (TPSA) is 46.3 Å². The lowest BCUT2D eigenvalue weighted by molar-refractivity contribution is -0.137. The first-order valence-electron chi connectivity index (χ1n) is 6.81. The van der Waals surface area contributed by atoms with Crippen molar-refractivity contribution in [1.82, 2.24) is 0 Å². The third kappa shape index (κ3) is 2.68. The summed E-state index contributed by atoms with van der Waals surface area (Å²) in [6, 6.07) is 10.0. The Hall–Kier alpha value is -2.05. The van der Waals surface area contributed by atoms with Gasteiger partial charge in [0.15, 0.2) is 0 Å². The number of benzene rings is 2. The second kappa shape index (κ2) is 5.54. The van der Waals surface area contributed by atoms with Gasteiger partial charge in [-0.05, 0) is 29.8 Å². The molecule has 0 bridgehead atoms. The van der Waals surface area contributed by atoms with E-state index in [1.165, 1.54) is 17.0 Å². The van der Waals surface area contributed by atoms with Crippen LogP contribution in [0.3, 0.4) is 0 Å². The third-order valence-electron chi connectivity index (χ3n) is 3.82. The molecule has 0 saturated carbocycles. The number of nitrogens with zero attached hydrogens (tertiary/aromatic N) is 1. The van der Waals surface area contributed by atoms with Crippen LogP contribution in [0.2, 0.25) is 5.02 Å². The van der Waals surface area contributed by atoms with Crippen LogP contribution in [0, 0.1) is 0 Å². The molecule has 2 aromatic rings. The zero-order valence-corrected chi connectivity index (χ0v) is 12.5. The monoisotopic (exact) mass is 340 g/mol. The highest BCUT2D eigenvalue weighted by atomic mass is 35.5. The van der Waals surface area contributed by atoms with Crippen molar-refractivity contribution in [2.24, 2.45) is 5.73 Å². The highest BCUT2D eigenvalue weighted by Crippen LogP contribution is 2.42. The Balaban J connectivity index is 2.02. The third-order valence-corrected chi connectivity index (χ3v) is 4.16. The fraction of sp³-hybridized carbons (Fsp3) is 0.188. The van der Waals surface area contributed by atoms with Crippen LogP contribution in [0.4, 0.5) is 18.9 Å². The Morgan fingerprint density at radius 1 is 1.09 bits per heavy atom. The maximum atomic E-state index is 12.9. The van der Waals surface area contributed by atoms with E-state index in [0.717, 1.165) is 12.1 Å². The Labute approximate surface area is 135 Å². The molecular formula is C16H12ClF3N2O. The number of rotatable bonds is 2. The molecule has 0 unspecified atom stereocenters. The number of β-lactam (4-membered cyclic amide) rings is 1. The van der Waals surface area contributed by atoms with Gasteiger partial charge in [-0.1, -0.05) is 35.9 Å². The summed E-state index contributed by atoms with van der Waals surface area (Å²) in [5.41, 5.74) is 5.79. The van der Waals surface area contributed by atoms with Crippen molar-refractivity contribution in [1.29, 1.82) is 0 Å². The van der Waals surface area contributed by atoms with Gasteiger partial charge in [0.25, 0.3) is 0 Å². The first-order chi connectivity index (χ1) is 10.8. The zero-order valence-electron chi connectivity index (χ0n) is 11.7. The van der Waals surface area contributed by atoms with Gasteiger partial charge in [-0.2, -0.15) is 13.2 Å². The second-order valence-electron chi connectivity index (χ2n) is 5.25. The molecule has 2 aromatic carbocycles. The summed E-state index contributed by atoms with van der Waals surface area (Å²) in [5, 5.41) is 0.414. The van der Waals surface area contributed by atoms with E-state index in [1.54, 1.807) is 24.3 Å². The minimum absolute atomic E-state index is 0.149. The molecule has 2 N–H and O–H groups in total. The summed E-state index contributed by atoms with van der Waals surface area (Å²) in [4.78, 5) is 13.3. The maximum absolute atomic E-state index is 12.9. The number of halogens is 4. The average Bonchev–Trinajstić information content (AvgIpc) is 2.52. The summed E-state index contributed by atoms with van der Waals surface area (Å²) in [5.74, 6) is -0.436. The fourth-order valence-electron chi connectivity index (χ4n) is 2.68. The zero-order chi connectivity index (χ0) is 16.8. The van der Waals surface area contributed by atoms with Crippen LogP contribution in [0.5, 0.6) is 0 Å². The second-order valence-corrected chi connectivity index (χ2v) is 5.66. The standard InChI is InChI=1S/C16H12ClF3N2O/c17-12-7-2-1-6-11(12)14-13(21)15(23)22(14)10-5-3-4-9(8-10)16(18,19)20/h1-8,13-14H,21H2/t13-,14+/m0/s1.